The molecule has 0 heterocycles. The number of primary amides is 1. The first-order valence-electron chi connectivity index (χ1n) is 5.92. The minimum absolute atomic E-state index is 0.459. The van der Waals surface area contributed by atoms with Crippen LogP contribution in [0, 0.1) is 11.3 Å². The number of rotatable bonds is 4. The molecular weight excluding hydrogens is 274 g/mol. The Morgan fingerprint density at radius 2 is 2.10 bits per heavy atom. The molecule has 2 aromatic rings. The zero-order valence-corrected chi connectivity index (χ0v) is 11.3. The molecule has 2 aromatic carbocycles. The summed E-state index contributed by atoms with van der Waals surface area (Å²) in [6, 6.07) is 14.1. The van der Waals surface area contributed by atoms with E-state index < -0.39 is 5.91 Å². The minimum atomic E-state index is -0.462. The Kier molecular flexibility index (Phi) is 4.24. The molecule has 0 unspecified atom stereocenters. The Labute approximate surface area is 121 Å². The molecule has 2 rings (SSSR count). The van der Waals surface area contributed by atoms with Gasteiger partial charge in [-0.05, 0) is 35.9 Å². The van der Waals surface area contributed by atoms with Crippen LogP contribution < -0.4 is 11.1 Å². The number of amides is 1. The van der Waals surface area contributed by atoms with Gasteiger partial charge in [0.1, 0.15) is 0 Å². The third-order valence-electron chi connectivity index (χ3n) is 2.79. The topological polar surface area (TPSA) is 78.9 Å². The average molecular weight is 286 g/mol. The molecule has 0 saturated carbocycles. The summed E-state index contributed by atoms with van der Waals surface area (Å²) in [6.07, 6.45) is 0. The largest absolute Gasteiger partial charge is 0.380 e. The summed E-state index contributed by atoms with van der Waals surface area (Å²) in [6.45, 7) is 0.482. The van der Waals surface area contributed by atoms with Crippen LogP contribution in [0.2, 0.25) is 5.02 Å². The van der Waals surface area contributed by atoms with Crippen LogP contribution in [0.15, 0.2) is 42.5 Å². The maximum Gasteiger partial charge on any atom is 0.248 e. The fourth-order valence-corrected chi connectivity index (χ4v) is 1.95. The number of halogens is 1. The molecule has 5 heteroatoms. The molecule has 3 N–H and O–H groups in total. The van der Waals surface area contributed by atoms with Gasteiger partial charge in [-0.1, -0.05) is 23.7 Å². The van der Waals surface area contributed by atoms with E-state index in [1.807, 2.05) is 6.07 Å². The summed E-state index contributed by atoms with van der Waals surface area (Å²) in [7, 11) is 0. The van der Waals surface area contributed by atoms with Gasteiger partial charge >= 0.3 is 0 Å². The number of benzene rings is 2. The number of nitriles is 1. The monoisotopic (exact) mass is 285 g/mol. The summed E-state index contributed by atoms with van der Waals surface area (Å²) >= 11 is 6.06. The number of hydrogen-bond acceptors (Lipinski definition) is 3. The smallest absolute Gasteiger partial charge is 0.248 e. The first-order chi connectivity index (χ1) is 9.60. The molecule has 4 nitrogen and oxygen atoms in total. The van der Waals surface area contributed by atoms with Gasteiger partial charge in [-0.25, -0.2) is 0 Å². The summed E-state index contributed by atoms with van der Waals surface area (Å²) in [5.41, 5.74) is 7.80. The molecule has 0 fully saturated rings. The number of anilines is 1. The molecule has 100 valence electrons. The first-order valence-corrected chi connectivity index (χ1v) is 6.30. The highest BCUT2D eigenvalue weighted by molar-refractivity contribution is 6.33. The van der Waals surface area contributed by atoms with Crippen molar-refractivity contribution in [3.05, 3.63) is 64.2 Å². The fourth-order valence-electron chi connectivity index (χ4n) is 1.76. The predicted molar refractivity (Wildman–Crippen MR) is 78.5 cm³/mol. The second-order valence-electron chi connectivity index (χ2n) is 4.22. The summed E-state index contributed by atoms with van der Waals surface area (Å²) < 4.78 is 0. The predicted octanol–water partition coefficient (Wildman–Crippen LogP) is 2.92. The Bertz CT molecular complexity index is 692. The van der Waals surface area contributed by atoms with Crippen LogP contribution in [0.25, 0.3) is 0 Å². The minimum Gasteiger partial charge on any atom is -0.380 e. The average Bonchev–Trinajstić information content (AvgIpc) is 2.46. The van der Waals surface area contributed by atoms with Crippen molar-refractivity contribution in [2.75, 3.05) is 5.32 Å². The Balaban J connectivity index is 2.15. The van der Waals surface area contributed by atoms with Crippen LogP contribution in [-0.4, -0.2) is 5.91 Å². The number of hydrogen-bond donors (Lipinski definition) is 2. The number of carbonyl (C=O) groups excluding carboxylic acids is 1. The van der Waals surface area contributed by atoms with Crippen LogP contribution in [0.5, 0.6) is 0 Å². The van der Waals surface area contributed by atoms with Crippen molar-refractivity contribution in [2.45, 2.75) is 6.54 Å². The third-order valence-corrected chi connectivity index (χ3v) is 3.12. The summed E-state index contributed by atoms with van der Waals surface area (Å²) in [5, 5.41) is 12.5. The van der Waals surface area contributed by atoms with Crippen molar-refractivity contribution >= 4 is 23.2 Å². The standard InChI is InChI=1S/C15H12ClN3O/c16-13-5-4-10(8-17)7-14(13)19-9-11-2-1-3-12(6-11)15(18)20/h1-7,19H,9H2,(H2,18,20). The van der Waals surface area contributed by atoms with E-state index in [4.69, 9.17) is 22.6 Å². The highest BCUT2D eigenvalue weighted by atomic mass is 35.5. The van der Waals surface area contributed by atoms with Crippen LogP contribution >= 0.6 is 11.6 Å². The molecule has 0 spiro atoms. The van der Waals surface area contributed by atoms with Gasteiger partial charge in [0.15, 0.2) is 0 Å². The Hall–Kier alpha value is -2.51. The quantitative estimate of drug-likeness (QED) is 0.906. The van der Waals surface area contributed by atoms with Gasteiger partial charge in [0, 0.05) is 12.1 Å². The fraction of sp³-hybridized carbons (Fsp3) is 0.0667. The maximum atomic E-state index is 11.1. The van der Waals surface area contributed by atoms with Gasteiger partial charge < -0.3 is 11.1 Å². The third kappa shape index (κ3) is 3.28. The van der Waals surface area contributed by atoms with E-state index in [2.05, 4.69) is 11.4 Å². The second-order valence-corrected chi connectivity index (χ2v) is 4.63. The van der Waals surface area contributed by atoms with Crippen molar-refractivity contribution < 1.29 is 4.79 Å². The van der Waals surface area contributed by atoms with Crippen molar-refractivity contribution in [2.24, 2.45) is 5.73 Å². The van der Waals surface area contributed by atoms with Gasteiger partial charge in [-0.15, -0.1) is 0 Å². The van der Waals surface area contributed by atoms with Gasteiger partial charge in [0.2, 0.25) is 5.91 Å². The zero-order valence-electron chi connectivity index (χ0n) is 10.6. The zero-order chi connectivity index (χ0) is 14.5. The van der Waals surface area contributed by atoms with Gasteiger partial charge in [-0.3, -0.25) is 4.79 Å². The van der Waals surface area contributed by atoms with E-state index >= 15 is 0 Å². The van der Waals surface area contributed by atoms with Crippen LogP contribution in [0.1, 0.15) is 21.5 Å². The van der Waals surface area contributed by atoms with E-state index in [0.29, 0.717) is 28.4 Å². The highest BCUT2D eigenvalue weighted by Gasteiger charge is 2.04. The van der Waals surface area contributed by atoms with Gasteiger partial charge in [0.05, 0.1) is 22.3 Å². The molecule has 0 aliphatic carbocycles. The second kappa shape index (κ2) is 6.09. The Morgan fingerprint density at radius 1 is 1.30 bits per heavy atom. The lowest BCUT2D eigenvalue weighted by atomic mass is 10.1. The summed E-state index contributed by atoms with van der Waals surface area (Å²) in [4.78, 5) is 11.1. The summed E-state index contributed by atoms with van der Waals surface area (Å²) in [5.74, 6) is -0.462. The molecule has 20 heavy (non-hydrogen) atoms. The molecular formula is C15H12ClN3O. The first kappa shape index (κ1) is 13.9. The van der Waals surface area contributed by atoms with Crippen molar-refractivity contribution in [1.82, 2.24) is 0 Å². The lowest BCUT2D eigenvalue weighted by molar-refractivity contribution is 0.1000. The van der Waals surface area contributed by atoms with Crippen LogP contribution in [0.3, 0.4) is 0 Å². The Morgan fingerprint density at radius 3 is 2.80 bits per heavy atom. The molecule has 0 bridgehead atoms. The number of nitrogens with one attached hydrogen (secondary N) is 1. The number of nitrogens with zero attached hydrogens (tertiary/aromatic N) is 1. The van der Waals surface area contributed by atoms with Gasteiger partial charge in [0.25, 0.3) is 0 Å². The van der Waals surface area contributed by atoms with Crippen molar-refractivity contribution in [3.8, 4) is 6.07 Å². The molecule has 0 aliphatic heterocycles. The lowest BCUT2D eigenvalue weighted by Gasteiger charge is -2.09. The van der Waals surface area contributed by atoms with Crippen molar-refractivity contribution in [1.29, 1.82) is 5.26 Å². The molecule has 1 amide bonds. The van der Waals surface area contributed by atoms with Crippen molar-refractivity contribution in [3.63, 3.8) is 0 Å². The molecule has 0 atom stereocenters. The van der Waals surface area contributed by atoms with E-state index in [9.17, 15) is 4.79 Å². The number of carbonyl (C=O) groups is 1. The number of nitrogens with two attached hydrogens (primary N) is 1. The van der Waals surface area contributed by atoms with E-state index in [1.165, 1.54) is 0 Å². The van der Waals surface area contributed by atoms with E-state index in [-0.39, 0.29) is 0 Å². The highest BCUT2D eigenvalue weighted by Crippen LogP contribution is 2.23. The van der Waals surface area contributed by atoms with Gasteiger partial charge in [-0.2, -0.15) is 5.26 Å². The van der Waals surface area contributed by atoms with E-state index in [1.54, 1.807) is 36.4 Å². The molecule has 0 aromatic heterocycles. The van der Waals surface area contributed by atoms with Crippen LogP contribution in [-0.2, 0) is 6.54 Å². The molecule has 0 saturated heterocycles. The SMILES string of the molecule is N#Cc1ccc(Cl)c(NCc2cccc(C(N)=O)c2)c1. The van der Waals surface area contributed by atoms with E-state index in [0.717, 1.165) is 5.56 Å². The van der Waals surface area contributed by atoms with Crippen LogP contribution in [0.4, 0.5) is 5.69 Å². The molecule has 0 aliphatic rings. The normalized spacial score (nSPS) is 9.80. The maximum absolute atomic E-state index is 11.1. The lowest BCUT2D eigenvalue weighted by Crippen LogP contribution is -2.11. The molecule has 0 radical (unpaired) electrons.